The largest absolute Gasteiger partial charge is 0.242 e. The summed E-state index contributed by atoms with van der Waals surface area (Å²) in [5.41, 5.74) is 0.134. The lowest BCUT2D eigenvalue weighted by Crippen LogP contribution is -2.46. The summed E-state index contributed by atoms with van der Waals surface area (Å²) in [6.45, 7) is 11.4. The lowest BCUT2D eigenvalue weighted by molar-refractivity contribution is 0.445. The summed E-state index contributed by atoms with van der Waals surface area (Å²) in [4.78, 5) is 4.05. The normalized spacial score (nSPS) is 16.5. The van der Waals surface area contributed by atoms with Gasteiger partial charge in [0.2, 0.25) is 0 Å². The van der Waals surface area contributed by atoms with E-state index in [1.807, 2.05) is 27.7 Å². The molecular formula is C14H20Cl2N2OS. The Morgan fingerprint density at radius 1 is 1.35 bits per heavy atom. The van der Waals surface area contributed by atoms with E-state index in [0.29, 0.717) is 16.7 Å². The molecule has 0 aliphatic rings. The molecule has 0 saturated carbocycles. The highest BCUT2D eigenvalue weighted by atomic mass is 35.5. The van der Waals surface area contributed by atoms with E-state index in [1.54, 1.807) is 18.2 Å². The van der Waals surface area contributed by atoms with E-state index in [0.717, 1.165) is 5.56 Å². The number of aromatic nitrogens is 1. The van der Waals surface area contributed by atoms with E-state index in [1.165, 1.54) is 0 Å². The second kappa shape index (κ2) is 6.56. The summed E-state index contributed by atoms with van der Waals surface area (Å²) in [5, 5.41) is 0.636. The van der Waals surface area contributed by atoms with Gasteiger partial charge in [-0.2, -0.15) is 0 Å². The molecule has 112 valence electrons. The zero-order valence-electron chi connectivity index (χ0n) is 12.2. The molecule has 0 aliphatic carbocycles. The number of nitrogens with one attached hydrogen (secondary N) is 1. The van der Waals surface area contributed by atoms with E-state index in [2.05, 4.69) is 16.3 Å². The Balaban J connectivity index is 3.20. The Hall–Kier alpha value is -0.420. The van der Waals surface area contributed by atoms with Crippen molar-refractivity contribution in [1.29, 1.82) is 0 Å². The molecule has 0 radical (unpaired) electrons. The third-order valence-corrected chi connectivity index (χ3v) is 5.08. The van der Waals surface area contributed by atoms with Crippen LogP contribution in [0.5, 0.6) is 0 Å². The van der Waals surface area contributed by atoms with Gasteiger partial charge in [-0.05, 0) is 40.2 Å². The van der Waals surface area contributed by atoms with Crippen LogP contribution in [0.3, 0.4) is 0 Å². The Labute approximate surface area is 133 Å². The first kappa shape index (κ1) is 17.6. The summed E-state index contributed by atoms with van der Waals surface area (Å²) in [6, 6.07) is 3.47. The summed E-state index contributed by atoms with van der Waals surface area (Å²) < 4.78 is 15.1. The number of pyridine rings is 1. The van der Waals surface area contributed by atoms with Gasteiger partial charge < -0.3 is 0 Å². The fourth-order valence-corrected chi connectivity index (χ4v) is 3.14. The monoisotopic (exact) mass is 334 g/mol. The SMILES string of the molecule is C=CCC(C)(NS(=O)C(C)(C)C)c1ccc(Cl)nc1Cl. The first-order valence-electron chi connectivity index (χ1n) is 6.23. The molecule has 3 nitrogen and oxygen atoms in total. The predicted octanol–water partition coefficient (Wildman–Crippen LogP) is 4.23. The molecular weight excluding hydrogens is 315 g/mol. The minimum absolute atomic E-state index is 0.306. The Morgan fingerprint density at radius 2 is 1.95 bits per heavy atom. The Morgan fingerprint density at radius 3 is 2.40 bits per heavy atom. The molecule has 1 heterocycles. The number of nitrogens with zero attached hydrogens (tertiary/aromatic N) is 1. The summed E-state index contributed by atoms with van der Waals surface area (Å²) in [6.07, 6.45) is 2.33. The van der Waals surface area contributed by atoms with Crippen molar-refractivity contribution in [2.75, 3.05) is 0 Å². The second-order valence-electron chi connectivity index (χ2n) is 5.78. The lowest BCUT2D eigenvalue weighted by Gasteiger charge is -2.33. The van der Waals surface area contributed by atoms with Gasteiger partial charge in [0, 0.05) is 5.56 Å². The molecule has 0 bridgehead atoms. The molecule has 2 atom stereocenters. The van der Waals surface area contributed by atoms with Gasteiger partial charge in [-0.3, -0.25) is 0 Å². The zero-order valence-corrected chi connectivity index (χ0v) is 14.5. The number of hydrogen-bond donors (Lipinski definition) is 1. The Bertz CT molecular complexity index is 528. The molecule has 1 aromatic heterocycles. The van der Waals surface area contributed by atoms with E-state index in [4.69, 9.17) is 23.2 Å². The number of hydrogen-bond acceptors (Lipinski definition) is 2. The molecule has 6 heteroatoms. The van der Waals surface area contributed by atoms with E-state index in [-0.39, 0.29) is 4.75 Å². The summed E-state index contributed by atoms with van der Waals surface area (Å²) >= 11 is 12.0. The van der Waals surface area contributed by atoms with Gasteiger partial charge >= 0.3 is 0 Å². The molecule has 1 aromatic rings. The quantitative estimate of drug-likeness (QED) is 0.646. The van der Waals surface area contributed by atoms with Crippen molar-refractivity contribution >= 4 is 34.2 Å². The molecule has 0 aromatic carbocycles. The summed E-state index contributed by atoms with van der Waals surface area (Å²) in [5.74, 6) is 0. The highest BCUT2D eigenvalue weighted by Gasteiger charge is 2.33. The first-order valence-corrected chi connectivity index (χ1v) is 8.14. The average molecular weight is 335 g/mol. The van der Waals surface area contributed by atoms with Crippen LogP contribution in [0, 0.1) is 0 Å². The minimum Gasteiger partial charge on any atom is -0.242 e. The van der Waals surface area contributed by atoms with Crippen LogP contribution in [0.15, 0.2) is 24.8 Å². The minimum atomic E-state index is -1.24. The van der Waals surface area contributed by atoms with Crippen LogP contribution < -0.4 is 4.72 Å². The van der Waals surface area contributed by atoms with Crippen molar-refractivity contribution in [3.63, 3.8) is 0 Å². The molecule has 0 spiro atoms. The van der Waals surface area contributed by atoms with Gasteiger partial charge in [-0.15, -0.1) is 6.58 Å². The van der Waals surface area contributed by atoms with Gasteiger partial charge in [0.25, 0.3) is 0 Å². The first-order chi connectivity index (χ1) is 9.10. The average Bonchev–Trinajstić information content (AvgIpc) is 2.27. The van der Waals surface area contributed by atoms with Crippen molar-refractivity contribution in [3.05, 3.63) is 40.7 Å². The maximum absolute atomic E-state index is 12.4. The van der Waals surface area contributed by atoms with Crippen LogP contribution in [0.4, 0.5) is 0 Å². The molecule has 20 heavy (non-hydrogen) atoms. The molecule has 0 amide bonds. The lowest BCUT2D eigenvalue weighted by atomic mass is 9.91. The fraction of sp³-hybridized carbons (Fsp3) is 0.500. The predicted molar refractivity (Wildman–Crippen MR) is 87.5 cm³/mol. The van der Waals surface area contributed by atoms with Crippen LogP contribution in [-0.4, -0.2) is 13.9 Å². The highest BCUT2D eigenvalue weighted by Crippen LogP contribution is 2.32. The van der Waals surface area contributed by atoms with E-state index < -0.39 is 16.5 Å². The molecule has 1 rings (SSSR count). The summed E-state index contributed by atoms with van der Waals surface area (Å²) in [7, 11) is -1.24. The van der Waals surface area contributed by atoms with Crippen LogP contribution in [0.25, 0.3) is 0 Å². The standard InChI is InChI=1S/C14H20Cl2N2OS/c1-6-9-14(5,18-20(19)13(2,3)4)10-7-8-11(15)17-12(10)16/h6-8,18H,1,9H2,2-5H3. The van der Waals surface area contributed by atoms with Gasteiger partial charge in [-0.25, -0.2) is 13.9 Å². The topological polar surface area (TPSA) is 42.0 Å². The third-order valence-electron chi connectivity index (χ3n) is 2.84. The molecule has 0 fully saturated rings. The van der Waals surface area contributed by atoms with Crippen molar-refractivity contribution < 1.29 is 4.21 Å². The van der Waals surface area contributed by atoms with Crippen molar-refractivity contribution in [1.82, 2.24) is 9.71 Å². The van der Waals surface area contributed by atoms with Gasteiger partial charge in [0.15, 0.2) is 0 Å². The van der Waals surface area contributed by atoms with Gasteiger partial charge in [-0.1, -0.05) is 35.3 Å². The molecule has 2 unspecified atom stereocenters. The van der Waals surface area contributed by atoms with E-state index >= 15 is 0 Å². The van der Waals surface area contributed by atoms with Crippen LogP contribution in [-0.2, 0) is 16.5 Å². The molecule has 1 N–H and O–H groups in total. The van der Waals surface area contributed by atoms with Gasteiger partial charge in [0.05, 0.1) is 21.3 Å². The van der Waals surface area contributed by atoms with Crippen molar-refractivity contribution in [3.8, 4) is 0 Å². The van der Waals surface area contributed by atoms with Crippen molar-refractivity contribution in [2.24, 2.45) is 0 Å². The second-order valence-corrected chi connectivity index (χ2v) is 8.49. The number of rotatable bonds is 5. The number of halogens is 2. The smallest absolute Gasteiger partial charge is 0.135 e. The van der Waals surface area contributed by atoms with E-state index in [9.17, 15) is 4.21 Å². The van der Waals surface area contributed by atoms with Crippen molar-refractivity contribution in [2.45, 2.75) is 44.4 Å². The van der Waals surface area contributed by atoms with Crippen LogP contribution in [0.2, 0.25) is 10.3 Å². The maximum atomic E-state index is 12.4. The zero-order chi connectivity index (χ0) is 15.6. The van der Waals surface area contributed by atoms with Crippen LogP contribution in [0.1, 0.15) is 39.7 Å². The fourth-order valence-electron chi connectivity index (χ4n) is 1.68. The highest BCUT2D eigenvalue weighted by molar-refractivity contribution is 7.84. The van der Waals surface area contributed by atoms with Crippen LogP contribution >= 0.6 is 23.2 Å². The third kappa shape index (κ3) is 4.29. The molecule has 0 saturated heterocycles. The Kier molecular flexibility index (Phi) is 5.79. The van der Waals surface area contributed by atoms with Gasteiger partial charge in [0.1, 0.15) is 10.3 Å². The maximum Gasteiger partial charge on any atom is 0.135 e. The molecule has 0 aliphatic heterocycles.